The van der Waals surface area contributed by atoms with Gasteiger partial charge in [-0.15, -0.1) is 0 Å². The van der Waals surface area contributed by atoms with Crippen LogP contribution in [0.15, 0.2) is 79.1 Å². The molecule has 0 unspecified atom stereocenters. The van der Waals surface area contributed by atoms with Crippen LogP contribution in [-0.4, -0.2) is 9.55 Å². The Morgan fingerprint density at radius 3 is 2.25 bits per heavy atom. The van der Waals surface area contributed by atoms with Crippen molar-refractivity contribution in [3.05, 3.63) is 95.8 Å². The molecule has 0 aliphatic heterocycles. The molecule has 0 fully saturated rings. The van der Waals surface area contributed by atoms with E-state index in [1.165, 1.54) is 33.5 Å². The van der Waals surface area contributed by atoms with Gasteiger partial charge in [0.2, 0.25) is 0 Å². The van der Waals surface area contributed by atoms with Crippen molar-refractivity contribution < 1.29 is 0 Å². The number of nitrogens with zero attached hydrogens (tertiary/aromatic N) is 2. The second-order valence-corrected chi connectivity index (χ2v) is 7.76. The number of rotatable bonds is 4. The Balaban J connectivity index is 2.03. The third-order valence-corrected chi connectivity index (χ3v) is 5.15. The summed E-state index contributed by atoms with van der Waals surface area (Å²) in [6.45, 7) is 8.85. The minimum absolute atomic E-state index is 0.407. The van der Waals surface area contributed by atoms with Crippen molar-refractivity contribution in [3.8, 4) is 28.2 Å². The highest BCUT2D eigenvalue weighted by molar-refractivity contribution is 5.78. The van der Waals surface area contributed by atoms with E-state index < -0.39 is 0 Å². The van der Waals surface area contributed by atoms with E-state index in [1.807, 2.05) is 12.3 Å². The van der Waals surface area contributed by atoms with E-state index in [0.29, 0.717) is 5.92 Å². The zero-order valence-corrected chi connectivity index (χ0v) is 17.0. The lowest BCUT2D eigenvalue weighted by atomic mass is 9.91. The van der Waals surface area contributed by atoms with Gasteiger partial charge in [-0.25, -0.2) is 4.98 Å². The first-order valence-electron chi connectivity index (χ1n) is 9.85. The van der Waals surface area contributed by atoms with E-state index in [4.69, 9.17) is 4.98 Å². The predicted octanol–water partition coefficient (Wildman–Crippen LogP) is 6.95. The third kappa shape index (κ3) is 3.38. The fraction of sp³-hybridized carbons (Fsp3) is 0.192. The fourth-order valence-electron chi connectivity index (χ4n) is 3.83. The van der Waals surface area contributed by atoms with Gasteiger partial charge >= 0.3 is 0 Å². The highest BCUT2D eigenvalue weighted by atomic mass is 15.1. The van der Waals surface area contributed by atoms with Gasteiger partial charge in [-0.2, -0.15) is 0 Å². The number of hydrogen-bond acceptors (Lipinski definition) is 1. The van der Waals surface area contributed by atoms with Gasteiger partial charge in [0.15, 0.2) is 0 Å². The van der Waals surface area contributed by atoms with E-state index in [2.05, 4.69) is 99.1 Å². The van der Waals surface area contributed by atoms with Gasteiger partial charge in [0, 0.05) is 23.5 Å². The quantitative estimate of drug-likeness (QED) is 0.382. The molecule has 4 rings (SSSR count). The topological polar surface area (TPSA) is 17.8 Å². The van der Waals surface area contributed by atoms with Gasteiger partial charge in [0.05, 0.1) is 5.69 Å². The first kappa shape index (κ1) is 18.2. The highest BCUT2D eigenvalue weighted by Gasteiger charge is 2.19. The number of aromatic nitrogens is 2. The van der Waals surface area contributed by atoms with Crippen LogP contribution in [-0.2, 0) is 0 Å². The molecule has 2 heteroatoms. The average molecular weight is 367 g/mol. The Labute approximate surface area is 167 Å². The summed E-state index contributed by atoms with van der Waals surface area (Å²) in [4.78, 5) is 4.70. The third-order valence-electron chi connectivity index (χ3n) is 5.15. The molecule has 140 valence electrons. The van der Waals surface area contributed by atoms with E-state index >= 15 is 0 Å². The van der Waals surface area contributed by atoms with E-state index in [1.54, 1.807) is 0 Å². The minimum atomic E-state index is 0.407. The lowest BCUT2D eigenvalue weighted by Gasteiger charge is -2.21. The van der Waals surface area contributed by atoms with Crippen LogP contribution in [0.25, 0.3) is 28.2 Å². The minimum Gasteiger partial charge on any atom is -0.299 e. The molecular weight excluding hydrogens is 340 g/mol. The van der Waals surface area contributed by atoms with Gasteiger partial charge in [0.25, 0.3) is 0 Å². The van der Waals surface area contributed by atoms with E-state index in [0.717, 1.165) is 11.4 Å². The van der Waals surface area contributed by atoms with Crippen molar-refractivity contribution in [1.29, 1.82) is 0 Å². The maximum atomic E-state index is 4.70. The van der Waals surface area contributed by atoms with Gasteiger partial charge < -0.3 is 0 Å². The lowest BCUT2D eigenvalue weighted by molar-refractivity contribution is 0.846. The van der Waals surface area contributed by atoms with Gasteiger partial charge in [-0.05, 0) is 37.0 Å². The molecular formula is C26H26N2. The second-order valence-electron chi connectivity index (χ2n) is 7.76. The number of hydrogen-bond donors (Lipinski definition) is 0. The van der Waals surface area contributed by atoms with Crippen LogP contribution in [0, 0.1) is 13.8 Å². The summed E-state index contributed by atoms with van der Waals surface area (Å²) in [5.74, 6) is 1.38. The average Bonchev–Trinajstić information content (AvgIpc) is 3.17. The van der Waals surface area contributed by atoms with Crippen molar-refractivity contribution >= 4 is 0 Å². The molecule has 4 aromatic rings. The second kappa shape index (κ2) is 7.47. The molecule has 0 amide bonds. The summed E-state index contributed by atoms with van der Waals surface area (Å²) in [7, 11) is 0. The molecule has 28 heavy (non-hydrogen) atoms. The first-order chi connectivity index (χ1) is 13.5. The van der Waals surface area contributed by atoms with Crippen LogP contribution in [0.3, 0.4) is 0 Å². The molecule has 0 aliphatic carbocycles. The fourth-order valence-corrected chi connectivity index (χ4v) is 3.83. The molecule has 0 atom stereocenters. The van der Waals surface area contributed by atoms with Crippen LogP contribution in [0.5, 0.6) is 0 Å². The zero-order chi connectivity index (χ0) is 19.7. The number of benzene rings is 3. The van der Waals surface area contributed by atoms with Crippen molar-refractivity contribution in [3.63, 3.8) is 0 Å². The molecule has 0 saturated carbocycles. The number of imidazole rings is 1. The summed E-state index contributed by atoms with van der Waals surface area (Å²) in [5.41, 5.74) is 8.73. The maximum Gasteiger partial charge on any atom is 0.144 e. The molecule has 0 aliphatic rings. The van der Waals surface area contributed by atoms with Crippen molar-refractivity contribution in [2.45, 2.75) is 33.6 Å². The molecule has 0 bridgehead atoms. The highest BCUT2D eigenvalue weighted by Crippen LogP contribution is 2.37. The largest absolute Gasteiger partial charge is 0.299 e. The van der Waals surface area contributed by atoms with Crippen LogP contribution in [0.1, 0.15) is 36.5 Å². The van der Waals surface area contributed by atoms with Crippen LogP contribution in [0.2, 0.25) is 0 Å². The SMILES string of the molecule is Cc1cccc(-c2cc(C)cc(C(C)C)c2-n2ccnc2-c2ccccc2)c1. The Bertz CT molecular complexity index is 1100. The zero-order valence-electron chi connectivity index (χ0n) is 17.0. The van der Waals surface area contributed by atoms with Crippen molar-refractivity contribution in [1.82, 2.24) is 9.55 Å². The molecule has 3 aromatic carbocycles. The Hall–Kier alpha value is -3.13. The summed E-state index contributed by atoms with van der Waals surface area (Å²) in [5, 5.41) is 0. The van der Waals surface area contributed by atoms with Gasteiger partial charge in [-0.3, -0.25) is 4.57 Å². The van der Waals surface area contributed by atoms with Crippen molar-refractivity contribution in [2.24, 2.45) is 0 Å². The van der Waals surface area contributed by atoms with Gasteiger partial charge in [-0.1, -0.05) is 85.6 Å². The lowest BCUT2D eigenvalue weighted by Crippen LogP contribution is -2.06. The van der Waals surface area contributed by atoms with E-state index in [-0.39, 0.29) is 0 Å². The maximum absolute atomic E-state index is 4.70. The predicted molar refractivity (Wildman–Crippen MR) is 118 cm³/mol. The summed E-state index contributed by atoms with van der Waals surface area (Å²) in [6, 6.07) is 23.8. The Morgan fingerprint density at radius 1 is 0.786 bits per heavy atom. The van der Waals surface area contributed by atoms with Crippen LogP contribution >= 0.6 is 0 Å². The van der Waals surface area contributed by atoms with Crippen LogP contribution in [0.4, 0.5) is 0 Å². The van der Waals surface area contributed by atoms with Gasteiger partial charge in [0.1, 0.15) is 5.82 Å². The van der Waals surface area contributed by atoms with Crippen LogP contribution < -0.4 is 0 Å². The molecule has 1 heterocycles. The Morgan fingerprint density at radius 2 is 1.54 bits per heavy atom. The van der Waals surface area contributed by atoms with Crippen molar-refractivity contribution in [2.75, 3.05) is 0 Å². The summed E-state index contributed by atoms with van der Waals surface area (Å²) < 4.78 is 2.25. The normalized spacial score (nSPS) is 11.2. The molecule has 0 saturated heterocycles. The molecule has 0 spiro atoms. The molecule has 2 nitrogen and oxygen atoms in total. The summed E-state index contributed by atoms with van der Waals surface area (Å²) >= 11 is 0. The Kier molecular flexibility index (Phi) is 4.87. The number of aryl methyl sites for hydroxylation is 2. The monoisotopic (exact) mass is 366 g/mol. The van der Waals surface area contributed by atoms with E-state index in [9.17, 15) is 0 Å². The standard InChI is InChI=1S/C26H26N2/c1-18(2)23-16-20(4)17-24(22-12-8-9-19(3)15-22)25(23)28-14-13-27-26(28)21-10-6-5-7-11-21/h5-18H,1-4H3. The first-order valence-corrected chi connectivity index (χ1v) is 9.85. The molecule has 1 aromatic heterocycles. The molecule has 0 N–H and O–H groups in total. The summed E-state index contributed by atoms with van der Waals surface area (Å²) in [6.07, 6.45) is 3.98. The smallest absolute Gasteiger partial charge is 0.144 e. The molecule has 0 radical (unpaired) electrons.